The Morgan fingerprint density at radius 1 is 1.33 bits per heavy atom. The topological polar surface area (TPSA) is 116 Å². The molecule has 4 heterocycles. The van der Waals surface area contributed by atoms with E-state index in [9.17, 15) is 18.0 Å². The second-order valence-corrected chi connectivity index (χ2v) is 7.41. The van der Waals surface area contributed by atoms with Crippen LogP contribution in [0, 0.1) is 0 Å². The van der Waals surface area contributed by atoms with Crippen LogP contribution in [0.1, 0.15) is 27.9 Å². The lowest BCUT2D eigenvalue weighted by Crippen LogP contribution is -2.46. The van der Waals surface area contributed by atoms with Gasteiger partial charge >= 0.3 is 18.1 Å². The molecule has 0 aromatic carbocycles. The number of piperazine rings is 1. The largest absolute Gasteiger partial charge is 0.490 e. The molecule has 0 bridgehead atoms. The standard InChI is InChI=1S/C18H22N6O2.C2HF3O2/c1-22-7-8-23(12-15(22)17-19-4-5-20-17)10-14-11-24-6-3-13(18(25)26-2)9-16(24)21-14;3-2(4,5)1(6)7/h3-6,9,11,15H,7-8,10,12H2,1-2H3,(H,19,20);(H,6,7). The van der Waals surface area contributed by atoms with Gasteiger partial charge in [0.2, 0.25) is 0 Å². The number of hydrogen-bond acceptors (Lipinski definition) is 7. The van der Waals surface area contributed by atoms with Crippen LogP contribution in [0.5, 0.6) is 0 Å². The zero-order chi connectivity index (χ0) is 24.2. The summed E-state index contributed by atoms with van der Waals surface area (Å²) in [4.78, 5) is 37.6. The van der Waals surface area contributed by atoms with Gasteiger partial charge in [-0.15, -0.1) is 0 Å². The zero-order valence-corrected chi connectivity index (χ0v) is 17.9. The van der Waals surface area contributed by atoms with E-state index in [1.807, 2.05) is 23.0 Å². The Bertz CT molecular complexity index is 1100. The highest BCUT2D eigenvalue weighted by Gasteiger charge is 2.38. The van der Waals surface area contributed by atoms with Crippen molar-refractivity contribution in [1.82, 2.24) is 29.2 Å². The number of likely N-dealkylation sites (N-methyl/N-ethyl adjacent to an activating group) is 1. The van der Waals surface area contributed by atoms with Crippen molar-refractivity contribution in [2.75, 3.05) is 33.8 Å². The molecule has 1 saturated heterocycles. The number of H-pyrrole nitrogens is 1. The molecule has 1 aliphatic rings. The fourth-order valence-corrected chi connectivity index (χ4v) is 3.41. The van der Waals surface area contributed by atoms with Crippen molar-refractivity contribution in [2.45, 2.75) is 18.8 Å². The summed E-state index contributed by atoms with van der Waals surface area (Å²) < 4.78 is 38.4. The van der Waals surface area contributed by atoms with Gasteiger partial charge in [0, 0.05) is 51.0 Å². The van der Waals surface area contributed by atoms with Gasteiger partial charge in [-0.3, -0.25) is 9.80 Å². The summed E-state index contributed by atoms with van der Waals surface area (Å²) in [7, 11) is 3.51. The predicted molar refractivity (Wildman–Crippen MR) is 109 cm³/mol. The summed E-state index contributed by atoms with van der Waals surface area (Å²) >= 11 is 0. The molecule has 0 amide bonds. The molecule has 1 atom stereocenters. The number of esters is 1. The lowest BCUT2D eigenvalue weighted by atomic mass is 10.1. The molecule has 0 saturated carbocycles. The third kappa shape index (κ3) is 6.08. The van der Waals surface area contributed by atoms with Crippen LogP contribution in [0.2, 0.25) is 0 Å². The zero-order valence-electron chi connectivity index (χ0n) is 17.9. The highest BCUT2D eigenvalue weighted by atomic mass is 19.4. The Balaban J connectivity index is 0.000000383. The fourth-order valence-electron chi connectivity index (χ4n) is 3.41. The molecule has 1 aliphatic heterocycles. The molecular formula is C20H23F3N6O4. The van der Waals surface area contributed by atoms with Gasteiger partial charge in [0.25, 0.3) is 0 Å². The Labute approximate surface area is 186 Å². The number of alkyl halides is 3. The van der Waals surface area contributed by atoms with Gasteiger partial charge in [0.05, 0.1) is 24.4 Å². The highest BCUT2D eigenvalue weighted by Crippen LogP contribution is 2.22. The normalized spacial score (nSPS) is 17.4. The van der Waals surface area contributed by atoms with Crippen molar-refractivity contribution >= 4 is 17.6 Å². The number of rotatable bonds is 4. The minimum absolute atomic E-state index is 0.252. The number of halogens is 3. The van der Waals surface area contributed by atoms with Gasteiger partial charge in [-0.2, -0.15) is 13.2 Å². The minimum atomic E-state index is -5.08. The number of carboxylic acid groups (broad SMARTS) is 1. The van der Waals surface area contributed by atoms with Gasteiger partial charge in [-0.1, -0.05) is 0 Å². The van der Waals surface area contributed by atoms with E-state index in [-0.39, 0.29) is 12.0 Å². The molecule has 0 aliphatic carbocycles. The number of aromatic amines is 1. The first-order valence-electron chi connectivity index (χ1n) is 9.86. The molecule has 1 fully saturated rings. The number of aromatic nitrogens is 4. The van der Waals surface area contributed by atoms with E-state index in [2.05, 4.69) is 31.8 Å². The quantitative estimate of drug-likeness (QED) is 0.559. The highest BCUT2D eigenvalue weighted by molar-refractivity contribution is 5.90. The number of nitrogens with zero attached hydrogens (tertiary/aromatic N) is 5. The van der Waals surface area contributed by atoms with Crippen LogP contribution in [0.4, 0.5) is 13.2 Å². The Morgan fingerprint density at radius 2 is 2.06 bits per heavy atom. The lowest BCUT2D eigenvalue weighted by molar-refractivity contribution is -0.192. The van der Waals surface area contributed by atoms with Crippen LogP contribution < -0.4 is 0 Å². The Hall–Kier alpha value is -3.45. The van der Waals surface area contributed by atoms with Crippen molar-refractivity contribution in [3.05, 3.63) is 54.0 Å². The van der Waals surface area contributed by atoms with Gasteiger partial charge in [-0.05, 0) is 19.2 Å². The van der Waals surface area contributed by atoms with E-state index < -0.39 is 12.1 Å². The number of carboxylic acids is 1. The number of ether oxygens (including phenoxy) is 1. The van der Waals surface area contributed by atoms with Crippen LogP contribution >= 0.6 is 0 Å². The minimum Gasteiger partial charge on any atom is -0.475 e. The molecule has 33 heavy (non-hydrogen) atoms. The molecule has 178 valence electrons. The summed E-state index contributed by atoms with van der Waals surface area (Å²) in [5, 5.41) is 7.12. The van der Waals surface area contributed by atoms with Crippen LogP contribution in [0.15, 0.2) is 36.9 Å². The molecule has 0 spiro atoms. The molecule has 2 N–H and O–H groups in total. The maximum atomic E-state index is 11.7. The third-order valence-corrected chi connectivity index (χ3v) is 5.13. The van der Waals surface area contributed by atoms with Crippen molar-refractivity contribution in [1.29, 1.82) is 0 Å². The third-order valence-electron chi connectivity index (χ3n) is 5.13. The number of carbonyl (C=O) groups excluding carboxylic acids is 1. The number of carbonyl (C=O) groups is 2. The number of pyridine rings is 1. The maximum absolute atomic E-state index is 11.7. The van der Waals surface area contributed by atoms with Crippen LogP contribution in [0.3, 0.4) is 0 Å². The molecule has 3 aromatic heterocycles. The summed E-state index contributed by atoms with van der Waals surface area (Å²) in [6.45, 7) is 3.62. The SMILES string of the molecule is COC(=O)c1ccn2cc(CN3CCN(C)C(c4ncc[nH]4)C3)nc2c1.O=C(O)C(F)(F)F. The Kier molecular flexibility index (Phi) is 7.33. The van der Waals surface area contributed by atoms with E-state index in [1.54, 1.807) is 18.3 Å². The summed E-state index contributed by atoms with van der Waals surface area (Å²) in [6, 6.07) is 3.75. The van der Waals surface area contributed by atoms with Gasteiger partial charge in [-0.25, -0.2) is 19.6 Å². The van der Waals surface area contributed by atoms with Gasteiger partial charge < -0.3 is 19.2 Å². The van der Waals surface area contributed by atoms with Crippen molar-refractivity contribution in [2.24, 2.45) is 0 Å². The fraction of sp³-hybridized carbons (Fsp3) is 0.400. The summed E-state index contributed by atoms with van der Waals surface area (Å²) in [5.74, 6) is -2.11. The second kappa shape index (κ2) is 10.0. The van der Waals surface area contributed by atoms with E-state index in [1.165, 1.54) is 7.11 Å². The molecular weight excluding hydrogens is 445 g/mol. The number of methoxy groups -OCH3 is 1. The van der Waals surface area contributed by atoms with Gasteiger partial charge in [0.1, 0.15) is 11.5 Å². The van der Waals surface area contributed by atoms with Crippen molar-refractivity contribution in [3.8, 4) is 0 Å². The second-order valence-electron chi connectivity index (χ2n) is 7.41. The predicted octanol–water partition coefficient (Wildman–Crippen LogP) is 1.97. The first-order valence-corrected chi connectivity index (χ1v) is 9.86. The summed E-state index contributed by atoms with van der Waals surface area (Å²) in [6.07, 6.45) is 2.43. The van der Waals surface area contributed by atoms with Crippen molar-refractivity contribution in [3.63, 3.8) is 0 Å². The number of aliphatic carboxylic acids is 1. The lowest BCUT2D eigenvalue weighted by Gasteiger charge is -2.38. The monoisotopic (exact) mass is 468 g/mol. The van der Waals surface area contributed by atoms with Crippen LogP contribution in [-0.2, 0) is 16.1 Å². The smallest absolute Gasteiger partial charge is 0.475 e. The molecule has 13 heteroatoms. The number of nitrogens with one attached hydrogen (secondary N) is 1. The molecule has 4 rings (SSSR count). The average molecular weight is 468 g/mol. The number of imidazole rings is 2. The van der Waals surface area contributed by atoms with Crippen molar-refractivity contribution < 1.29 is 32.6 Å². The molecule has 3 aromatic rings. The van der Waals surface area contributed by atoms with E-state index >= 15 is 0 Å². The summed E-state index contributed by atoms with van der Waals surface area (Å²) in [5.41, 5.74) is 2.24. The molecule has 0 radical (unpaired) electrons. The maximum Gasteiger partial charge on any atom is 0.490 e. The first kappa shape index (κ1) is 24.2. The van der Waals surface area contributed by atoms with E-state index in [0.29, 0.717) is 5.56 Å². The molecule has 10 nitrogen and oxygen atoms in total. The molecule has 1 unspecified atom stereocenters. The van der Waals surface area contributed by atoms with Crippen LogP contribution in [0.25, 0.3) is 5.65 Å². The average Bonchev–Trinajstić information content (AvgIpc) is 3.43. The first-order chi connectivity index (χ1) is 15.6. The van der Waals surface area contributed by atoms with E-state index in [0.717, 1.165) is 43.3 Å². The number of hydrogen-bond donors (Lipinski definition) is 2. The van der Waals surface area contributed by atoms with Gasteiger partial charge in [0.15, 0.2) is 0 Å². The van der Waals surface area contributed by atoms with E-state index in [4.69, 9.17) is 14.6 Å². The Morgan fingerprint density at radius 3 is 2.67 bits per heavy atom. The van der Waals surface area contributed by atoms with Crippen LogP contribution in [-0.4, -0.2) is 86.2 Å². The number of fused-ring (bicyclic) bond motifs is 1.